The molecule has 0 aliphatic carbocycles. The molecule has 100 valence electrons. The zero-order valence-electron chi connectivity index (χ0n) is 10.9. The number of aromatic hydroxyl groups is 1. The summed E-state index contributed by atoms with van der Waals surface area (Å²) >= 11 is 0. The molecule has 0 saturated heterocycles. The molecule has 1 atom stereocenters. The Kier molecular flexibility index (Phi) is 5.45. The number of nitrogens with one attached hydrogen (secondary N) is 1. The standard InChI is InChI=1S/C13H19NO4/c1-4-7-14-12(13(16)18-3)9-5-6-11(17-2)10(15)8-9/h5-6,8,12,14-15H,4,7H2,1-3H3. The van der Waals surface area contributed by atoms with Crippen molar-refractivity contribution < 1.29 is 19.4 Å². The van der Waals surface area contributed by atoms with Gasteiger partial charge < -0.3 is 19.9 Å². The quantitative estimate of drug-likeness (QED) is 0.754. The van der Waals surface area contributed by atoms with Gasteiger partial charge in [0, 0.05) is 0 Å². The molecule has 1 rings (SSSR count). The number of phenols is 1. The van der Waals surface area contributed by atoms with Crippen LogP contribution in [0.5, 0.6) is 11.5 Å². The van der Waals surface area contributed by atoms with Gasteiger partial charge >= 0.3 is 5.97 Å². The maximum Gasteiger partial charge on any atom is 0.327 e. The van der Waals surface area contributed by atoms with Gasteiger partial charge in [-0.05, 0) is 30.7 Å². The molecule has 0 spiro atoms. The molecule has 0 bridgehead atoms. The molecule has 0 aliphatic rings. The van der Waals surface area contributed by atoms with E-state index in [-0.39, 0.29) is 11.7 Å². The molecule has 1 aromatic rings. The van der Waals surface area contributed by atoms with Gasteiger partial charge in [-0.2, -0.15) is 0 Å². The number of hydrogen-bond acceptors (Lipinski definition) is 5. The number of ether oxygens (including phenoxy) is 2. The second kappa shape index (κ2) is 6.86. The Labute approximate surface area is 107 Å². The maximum atomic E-state index is 11.7. The molecule has 0 amide bonds. The molecule has 5 nitrogen and oxygen atoms in total. The summed E-state index contributed by atoms with van der Waals surface area (Å²) in [5.41, 5.74) is 0.647. The Morgan fingerprint density at radius 2 is 2.17 bits per heavy atom. The van der Waals surface area contributed by atoms with Crippen LogP contribution in [0.1, 0.15) is 24.9 Å². The Bertz CT molecular complexity index is 406. The second-order valence-corrected chi connectivity index (χ2v) is 3.84. The molecule has 0 saturated carbocycles. The summed E-state index contributed by atoms with van der Waals surface area (Å²) in [6, 6.07) is 4.27. The largest absolute Gasteiger partial charge is 0.504 e. The third kappa shape index (κ3) is 3.37. The van der Waals surface area contributed by atoms with Gasteiger partial charge in [-0.25, -0.2) is 4.79 Å². The normalized spacial score (nSPS) is 11.9. The Morgan fingerprint density at radius 3 is 2.67 bits per heavy atom. The molecule has 2 N–H and O–H groups in total. The van der Waals surface area contributed by atoms with E-state index in [4.69, 9.17) is 9.47 Å². The molecule has 1 aromatic carbocycles. The van der Waals surface area contributed by atoms with Gasteiger partial charge in [0.1, 0.15) is 6.04 Å². The molecule has 5 heteroatoms. The Balaban J connectivity index is 2.97. The van der Waals surface area contributed by atoms with Gasteiger partial charge in [0.15, 0.2) is 11.5 Å². The highest BCUT2D eigenvalue weighted by Crippen LogP contribution is 2.29. The van der Waals surface area contributed by atoms with Gasteiger partial charge in [-0.3, -0.25) is 0 Å². The lowest BCUT2D eigenvalue weighted by molar-refractivity contribution is -0.143. The highest BCUT2D eigenvalue weighted by Gasteiger charge is 2.21. The summed E-state index contributed by atoms with van der Waals surface area (Å²) in [6.07, 6.45) is 0.898. The Hall–Kier alpha value is -1.75. The third-order valence-corrected chi connectivity index (χ3v) is 2.57. The molecular formula is C13H19NO4. The summed E-state index contributed by atoms with van der Waals surface area (Å²) in [5.74, 6) is -0.00641. The van der Waals surface area contributed by atoms with Crippen molar-refractivity contribution >= 4 is 5.97 Å². The van der Waals surface area contributed by atoms with E-state index >= 15 is 0 Å². The first-order valence-electron chi connectivity index (χ1n) is 5.82. The van der Waals surface area contributed by atoms with Crippen LogP contribution in [0.4, 0.5) is 0 Å². The van der Waals surface area contributed by atoms with E-state index in [9.17, 15) is 9.90 Å². The van der Waals surface area contributed by atoms with Crippen LogP contribution >= 0.6 is 0 Å². The predicted octanol–water partition coefficient (Wildman–Crippen LogP) is 1.61. The fraction of sp³-hybridized carbons (Fsp3) is 0.462. The fourth-order valence-electron chi connectivity index (χ4n) is 1.63. The topological polar surface area (TPSA) is 67.8 Å². The van der Waals surface area contributed by atoms with E-state index in [1.165, 1.54) is 20.3 Å². The average molecular weight is 253 g/mol. The van der Waals surface area contributed by atoms with Crippen LogP contribution in [-0.2, 0) is 9.53 Å². The number of benzene rings is 1. The molecule has 0 heterocycles. The maximum absolute atomic E-state index is 11.7. The van der Waals surface area contributed by atoms with Crippen LogP contribution in [0.2, 0.25) is 0 Å². The van der Waals surface area contributed by atoms with E-state index in [0.29, 0.717) is 17.9 Å². The van der Waals surface area contributed by atoms with Crippen LogP contribution in [0.15, 0.2) is 18.2 Å². The highest BCUT2D eigenvalue weighted by atomic mass is 16.5. The van der Waals surface area contributed by atoms with Crippen molar-refractivity contribution in [3.8, 4) is 11.5 Å². The predicted molar refractivity (Wildman–Crippen MR) is 67.7 cm³/mol. The minimum Gasteiger partial charge on any atom is -0.504 e. The van der Waals surface area contributed by atoms with E-state index in [2.05, 4.69) is 5.32 Å². The zero-order chi connectivity index (χ0) is 13.5. The van der Waals surface area contributed by atoms with Gasteiger partial charge in [-0.15, -0.1) is 0 Å². The van der Waals surface area contributed by atoms with E-state index < -0.39 is 6.04 Å². The van der Waals surface area contributed by atoms with E-state index in [1.54, 1.807) is 12.1 Å². The van der Waals surface area contributed by atoms with Crippen molar-refractivity contribution in [1.29, 1.82) is 0 Å². The van der Waals surface area contributed by atoms with Crippen LogP contribution in [0, 0.1) is 0 Å². The van der Waals surface area contributed by atoms with Gasteiger partial charge in [0.25, 0.3) is 0 Å². The number of carbonyl (C=O) groups is 1. The number of carbonyl (C=O) groups excluding carboxylic acids is 1. The van der Waals surface area contributed by atoms with E-state index in [0.717, 1.165) is 6.42 Å². The third-order valence-electron chi connectivity index (χ3n) is 2.57. The lowest BCUT2D eigenvalue weighted by Crippen LogP contribution is -2.30. The van der Waals surface area contributed by atoms with Crippen LogP contribution in [-0.4, -0.2) is 31.8 Å². The first-order valence-corrected chi connectivity index (χ1v) is 5.82. The van der Waals surface area contributed by atoms with Crippen molar-refractivity contribution in [2.75, 3.05) is 20.8 Å². The number of phenolic OH excluding ortho intramolecular Hbond substituents is 1. The summed E-state index contributed by atoms with van der Waals surface area (Å²) < 4.78 is 9.71. The van der Waals surface area contributed by atoms with Gasteiger partial charge in [0.2, 0.25) is 0 Å². The highest BCUT2D eigenvalue weighted by molar-refractivity contribution is 5.77. The minimum absolute atomic E-state index is 0.00204. The van der Waals surface area contributed by atoms with Crippen molar-refractivity contribution in [3.05, 3.63) is 23.8 Å². The summed E-state index contributed by atoms with van der Waals surface area (Å²) in [5, 5.41) is 12.8. The lowest BCUT2D eigenvalue weighted by Gasteiger charge is -2.17. The molecule has 18 heavy (non-hydrogen) atoms. The molecule has 0 fully saturated rings. The Morgan fingerprint density at radius 1 is 1.44 bits per heavy atom. The summed E-state index contributed by atoms with van der Waals surface area (Å²) in [4.78, 5) is 11.7. The average Bonchev–Trinajstić information content (AvgIpc) is 2.39. The van der Waals surface area contributed by atoms with Crippen LogP contribution < -0.4 is 10.1 Å². The van der Waals surface area contributed by atoms with Crippen molar-refractivity contribution in [3.63, 3.8) is 0 Å². The summed E-state index contributed by atoms with van der Waals surface area (Å²) in [7, 11) is 2.81. The molecule has 0 radical (unpaired) electrons. The van der Waals surface area contributed by atoms with Crippen molar-refractivity contribution in [2.45, 2.75) is 19.4 Å². The number of esters is 1. The zero-order valence-corrected chi connectivity index (χ0v) is 10.9. The van der Waals surface area contributed by atoms with Gasteiger partial charge in [-0.1, -0.05) is 13.0 Å². The number of hydrogen-bond donors (Lipinski definition) is 2. The van der Waals surface area contributed by atoms with Crippen LogP contribution in [0.25, 0.3) is 0 Å². The van der Waals surface area contributed by atoms with E-state index in [1.807, 2.05) is 6.92 Å². The summed E-state index contributed by atoms with van der Waals surface area (Å²) in [6.45, 7) is 2.69. The number of methoxy groups -OCH3 is 2. The SMILES string of the molecule is CCCNC(C(=O)OC)c1ccc(OC)c(O)c1. The second-order valence-electron chi connectivity index (χ2n) is 3.84. The van der Waals surface area contributed by atoms with Gasteiger partial charge in [0.05, 0.1) is 14.2 Å². The molecule has 0 aliphatic heterocycles. The lowest BCUT2D eigenvalue weighted by atomic mass is 10.1. The molecule has 1 unspecified atom stereocenters. The minimum atomic E-state index is -0.577. The smallest absolute Gasteiger partial charge is 0.327 e. The number of rotatable bonds is 6. The first kappa shape index (κ1) is 14.3. The fourth-order valence-corrected chi connectivity index (χ4v) is 1.63. The molecule has 0 aromatic heterocycles. The van der Waals surface area contributed by atoms with Crippen LogP contribution in [0.3, 0.4) is 0 Å². The monoisotopic (exact) mass is 253 g/mol. The van der Waals surface area contributed by atoms with Crippen molar-refractivity contribution in [2.24, 2.45) is 0 Å². The molecular weight excluding hydrogens is 234 g/mol. The first-order chi connectivity index (χ1) is 8.63. The van der Waals surface area contributed by atoms with Crippen molar-refractivity contribution in [1.82, 2.24) is 5.32 Å².